The van der Waals surface area contributed by atoms with Crippen LogP contribution in [0.15, 0.2) is 77.8 Å². The van der Waals surface area contributed by atoms with Gasteiger partial charge in [-0.05, 0) is 42.3 Å². The van der Waals surface area contributed by atoms with Crippen molar-refractivity contribution in [1.29, 1.82) is 0 Å². The van der Waals surface area contributed by atoms with Gasteiger partial charge < -0.3 is 10.1 Å². The number of anilines is 1. The molecule has 1 atom stereocenters. The molecule has 0 spiro atoms. The molecule has 1 heterocycles. The van der Waals surface area contributed by atoms with Crippen molar-refractivity contribution in [3.63, 3.8) is 0 Å². The molecular formula is C24H20N2O3. The summed E-state index contributed by atoms with van der Waals surface area (Å²) in [6.45, 7) is 2.02. The predicted octanol–water partition coefficient (Wildman–Crippen LogP) is 4.64. The van der Waals surface area contributed by atoms with Crippen LogP contribution in [0, 0.1) is 6.92 Å². The first-order valence-electron chi connectivity index (χ1n) is 9.30. The highest BCUT2D eigenvalue weighted by Crippen LogP contribution is 2.37. The first-order valence-corrected chi connectivity index (χ1v) is 9.30. The molecule has 0 radical (unpaired) electrons. The summed E-state index contributed by atoms with van der Waals surface area (Å²) >= 11 is 0. The Labute approximate surface area is 169 Å². The Balaban J connectivity index is 1.83. The Bertz CT molecular complexity index is 1100. The maximum absolute atomic E-state index is 12.9. The minimum atomic E-state index is -0.569. The first kappa shape index (κ1) is 18.6. The Morgan fingerprint density at radius 3 is 2.38 bits per heavy atom. The van der Waals surface area contributed by atoms with Crippen LogP contribution in [0.5, 0.6) is 0 Å². The van der Waals surface area contributed by atoms with Gasteiger partial charge in [0.15, 0.2) is 0 Å². The van der Waals surface area contributed by atoms with E-state index in [0.29, 0.717) is 17.0 Å². The lowest BCUT2D eigenvalue weighted by molar-refractivity contribution is -0.115. The average molecular weight is 384 g/mol. The normalized spacial score (nSPS) is 15.6. The summed E-state index contributed by atoms with van der Waals surface area (Å²) in [6, 6.07) is 22.6. The predicted molar refractivity (Wildman–Crippen MR) is 113 cm³/mol. The molecule has 0 saturated carbocycles. The number of benzene rings is 3. The van der Waals surface area contributed by atoms with Gasteiger partial charge in [0.25, 0.3) is 0 Å². The summed E-state index contributed by atoms with van der Waals surface area (Å²) in [7, 11) is 1.33. The maximum Gasteiger partial charge on any atom is 0.337 e. The molecule has 4 rings (SSSR count). The molecule has 0 aromatic heterocycles. The van der Waals surface area contributed by atoms with Crippen LogP contribution in [0.3, 0.4) is 0 Å². The number of methoxy groups -OCH3 is 1. The van der Waals surface area contributed by atoms with E-state index >= 15 is 0 Å². The fraction of sp³-hybridized carbons (Fsp3) is 0.125. The molecule has 1 amide bonds. The van der Waals surface area contributed by atoms with Crippen molar-refractivity contribution in [2.75, 3.05) is 12.4 Å². The molecule has 5 nitrogen and oxygen atoms in total. The number of carbonyl (C=O) groups is 2. The second-order valence-corrected chi connectivity index (χ2v) is 6.91. The Morgan fingerprint density at radius 1 is 0.966 bits per heavy atom. The van der Waals surface area contributed by atoms with Crippen LogP contribution in [0.4, 0.5) is 11.4 Å². The summed E-state index contributed by atoms with van der Waals surface area (Å²) in [5.41, 5.74) is 5.25. The largest absolute Gasteiger partial charge is 0.465 e. The van der Waals surface area contributed by atoms with Crippen LogP contribution in [-0.4, -0.2) is 24.7 Å². The van der Waals surface area contributed by atoms with Gasteiger partial charge in [0.1, 0.15) is 5.92 Å². The molecule has 0 bridgehead atoms. The molecular weight excluding hydrogens is 364 g/mol. The standard InChI is InChI=1S/C24H20N2O3/c1-15-8-11-18(12-9-15)25-22(16-6-4-3-5-7-16)21-19-13-10-17(24(28)29-2)14-20(19)26-23(21)27/h3-14,21H,1-2H3,(H,26,27). The lowest BCUT2D eigenvalue weighted by Crippen LogP contribution is -2.21. The number of nitrogens with one attached hydrogen (secondary N) is 1. The smallest absolute Gasteiger partial charge is 0.337 e. The van der Waals surface area contributed by atoms with Crippen molar-refractivity contribution in [2.45, 2.75) is 12.8 Å². The number of carbonyl (C=O) groups excluding carboxylic acids is 2. The van der Waals surface area contributed by atoms with Gasteiger partial charge in [-0.25, -0.2) is 4.79 Å². The van der Waals surface area contributed by atoms with Crippen LogP contribution < -0.4 is 5.32 Å². The highest BCUT2D eigenvalue weighted by Gasteiger charge is 2.35. The van der Waals surface area contributed by atoms with Crippen LogP contribution >= 0.6 is 0 Å². The van der Waals surface area contributed by atoms with Gasteiger partial charge in [0.2, 0.25) is 5.91 Å². The summed E-state index contributed by atoms with van der Waals surface area (Å²) in [4.78, 5) is 29.6. The number of rotatable bonds is 4. The SMILES string of the molecule is COC(=O)c1ccc2c(c1)NC(=O)C2C(=Nc1ccc(C)cc1)c1ccccc1. The number of esters is 1. The third-order valence-electron chi connectivity index (χ3n) is 4.93. The first-order chi connectivity index (χ1) is 14.1. The highest BCUT2D eigenvalue weighted by atomic mass is 16.5. The van der Waals surface area contributed by atoms with E-state index < -0.39 is 11.9 Å². The molecule has 0 saturated heterocycles. The number of hydrogen-bond acceptors (Lipinski definition) is 4. The second-order valence-electron chi connectivity index (χ2n) is 6.91. The number of fused-ring (bicyclic) bond motifs is 1. The zero-order valence-electron chi connectivity index (χ0n) is 16.2. The van der Waals surface area contributed by atoms with Gasteiger partial charge in [0, 0.05) is 5.69 Å². The average Bonchev–Trinajstić information content (AvgIpc) is 3.08. The van der Waals surface area contributed by atoms with E-state index in [1.807, 2.05) is 61.5 Å². The minimum Gasteiger partial charge on any atom is -0.465 e. The Hall–Kier alpha value is -3.73. The van der Waals surface area contributed by atoms with Crippen LogP contribution in [0.2, 0.25) is 0 Å². The van der Waals surface area contributed by atoms with Gasteiger partial charge >= 0.3 is 5.97 Å². The fourth-order valence-electron chi connectivity index (χ4n) is 3.44. The molecule has 3 aromatic rings. The summed E-state index contributed by atoms with van der Waals surface area (Å²) in [6.07, 6.45) is 0. The lowest BCUT2D eigenvalue weighted by Gasteiger charge is -2.14. The van der Waals surface area contributed by atoms with E-state index in [4.69, 9.17) is 9.73 Å². The van der Waals surface area contributed by atoms with Gasteiger partial charge in [-0.1, -0.05) is 54.1 Å². The summed E-state index contributed by atoms with van der Waals surface area (Å²) in [5.74, 6) is -1.18. The maximum atomic E-state index is 12.9. The number of ether oxygens (including phenoxy) is 1. The molecule has 144 valence electrons. The molecule has 5 heteroatoms. The van der Waals surface area contributed by atoms with Crippen molar-refractivity contribution < 1.29 is 14.3 Å². The van der Waals surface area contributed by atoms with Crippen molar-refractivity contribution in [2.24, 2.45) is 4.99 Å². The zero-order chi connectivity index (χ0) is 20.4. The van der Waals surface area contributed by atoms with Crippen molar-refractivity contribution in [3.05, 3.63) is 95.1 Å². The molecule has 1 aliphatic heterocycles. The Kier molecular flexibility index (Phi) is 4.96. The molecule has 3 aromatic carbocycles. The van der Waals surface area contributed by atoms with E-state index in [0.717, 1.165) is 22.4 Å². The molecule has 0 fully saturated rings. The number of aliphatic imine (C=N–C) groups is 1. The summed E-state index contributed by atoms with van der Waals surface area (Å²) < 4.78 is 4.78. The van der Waals surface area contributed by atoms with Gasteiger partial charge in [-0.3, -0.25) is 9.79 Å². The second kappa shape index (κ2) is 7.72. The van der Waals surface area contributed by atoms with E-state index in [9.17, 15) is 9.59 Å². The van der Waals surface area contributed by atoms with Gasteiger partial charge in [-0.2, -0.15) is 0 Å². The molecule has 1 unspecified atom stereocenters. The quantitative estimate of drug-likeness (QED) is 0.526. The number of aryl methyl sites for hydroxylation is 1. The van der Waals surface area contributed by atoms with Crippen LogP contribution in [-0.2, 0) is 9.53 Å². The third-order valence-corrected chi connectivity index (χ3v) is 4.93. The van der Waals surface area contributed by atoms with Gasteiger partial charge in [-0.15, -0.1) is 0 Å². The van der Waals surface area contributed by atoms with Crippen molar-refractivity contribution >= 4 is 29.0 Å². The van der Waals surface area contributed by atoms with E-state index in [1.165, 1.54) is 7.11 Å². The fourth-order valence-corrected chi connectivity index (χ4v) is 3.44. The van der Waals surface area contributed by atoms with E-state index in [1.54, 1.807) is 18.2 Å². The van der Waals surface area contributed by atoms with Crippen molar-refractivity contribution in [3.8, 4) is 0 Å². The van der Waals surface area contributed by atoms with E-state index in [2.05, 4.69) is 5.32 Å². The third kappa shape index (κ3) is 3.67. The monoisotopic (exact) mass is 384 g/mol. The topological polar surface area (TPSA) is 67.8 Å². The minimum absolute atomic E-state index is 0.170. The van der Waals surface area contributed by atoms with Gasteiger partial charge in [0.05, 0.1) is 24.1 Å². The van der Waals surface area contributed by atoms with E-state index in [-0.39, 0.29) is 5.91 Å². The van der Waals surface area contributed by atoms with Crippen LogP contribution in [0.1, 0.15) is 33.0 Å². The molecule has 1 N–H and O–H groups in total. The molecule has 0 aliphatic carbocycles. The summed E-state index contributed by atoms with van der Waals surface area (Å²) in [5, 5.41) is 2.88. The molecule has 1 aliphatic rings. The number of amides is 1. The number of hydrogen-bond donors (Lipinski definition) is 1. The lowest BCUT2D eigenvalue weighted by atomic mass is 9.90. The molecule has 29 heavy (non-hydrogen) atoms. The number of nitrogens with zero attached hydrogens (tertiary/aromatic N) is 1. The highest BCUT2D eigenvalue weighted by molar-refractivity contribution is 6.24. The van der Waals surface area contributed by atoms with Crippen molar-refractivity contribution in [1.82, 2.24) is 0 Å². The zero-order valence-corrected chi connectivity index (χ0v) is 16.2. The van der Waals surface area contributed by atoms with Crippen LogP contribution in [0.25, 0.3) is 0 Å². The Morgan fingerprint density at radius 2 is 1.69 bits per heavy atom.